The highest BCUT2D eigenvalue weighted by molar-refractivity contribution is 6.31. The molecule has 0 saturated carbocycles. The van der Waals surface area contributed by atoms with Crippen molar-refractivity contribution in [1.29, 1.82) is 0 Å². The SMILES string of the molecule is CC(c1ccccc1)N1C(=O)NC(=O)/C(=C\c2cn(Cc3ccccc3)c3ccccc23)C1=O. The van der Waals surface area contributed by atoms with Gasteiger partial charge in [0.05, 0.1) is 6.04 Å². The fourth-order valence-corrected chi connectivity index (χ4v) is 4.36. The third kappa shape index (κ3) is 3.90. The van der Waals surface area contributed by atoms with Gasteiger partial charge in [0.1, 0.15) is 5.57 Å². The molecule has 0 radical (unpaired) electrons. The van der Waals surface area contributed by atoms with Crippen LogP contribution in [0.2, 0.25) is 0 Å². The molecular weight excluding hydrogens is 426 g/mol. The second-order valence-corrected chi connectivity index (χ2v) is 8.29. The van der Waals surface area contributed by atoms with Gasteiger partial charge in [-0.3, -0.25) is 19.8 Å². The van der Waals surface area contributed by atoms with Crippen LogP contribution in [-0.4, -0.2) is 27.3 Å². The van der Waals surface area contributed by atoms with Gasteiger partial charge in [0.2, 0.25) is 0 Å². The Labute approximate surface area is 197 Å². The summed E-state index contributed by atoms with van der Waals surface area (Å²) in [6, 6.07) is 26.0. The van der Waals surface area contributed by atoms with E-state index in [2.05, 4.69) is 22.0 Å². The molecule has 4 aromatic rings. The van der Waals surface area contributed by atoms with E-state index in [0.717, 1.165) is 32.5 Å². The summed E-state index contributed by atoms with van der Waals surface area (Å²) in [5.41, 5.74) is 3.62. The normalized spacial score (nSPS) is 16.2. The van der Waals surface area contributed by atoms with E-state index in [4.69, 9.17) is 0 Å². The van der Waals surface area contributed by atoms with Crippen LogP contribution in [0.5, 0.6) is 0 Å². The first kappa shape index (κ1) is 21.4. The number of hydrogen-bond donors (Lipinski definition) is 1. The number of amides is 4. The Morgan fingerprint density at radius 3 is 2.24 bits per heavy atom. The Morgan fingerprint density at radius 2 is 1.50 bits per heavy atom. The smallest absolute Gasteiger partial charge is 0.331 e. The van der Waals surface area contributed by atoms with Gasteiger partial charge in [-0.05, 0) is 30.2 Å². The van der Waals surface area contributed by atoms with Gasteiger partial charge in [-0.15, -0.1) is 0 Å². The number of urea groups is 1. The van der Waals surface area contributed by atoms with Crippen LogP contribution >= 0.6 is 0 Å². The highest BCUT2D eigenvalue weighted by atomic mass is 16.2. The zero-order valence-corrected chi connectivity index (χ0v) is 18.6. The fourth-order valence-electron chi connectivity index (χ4n) is 4.36. The van der Waals surface area contributed by atoms with Crippen LogP contribution in [0.4, 0.5) is 4.79 Å². The van der Waals surface area contributed by atoms with E-state index >= 15 is 0 Å². The predicted molar refractivity (Wildman–Crippen MR) is 131 cm³/mol. The molecular formula is C28H23N3O3. The molecule has 0 aliphatic carbocycles. The summed E-state index contributed by atoms with van der Waals surface area (Å²) in [6.45, 7) is 2.42. The van der Waals surface area contributed by atoms with Gasteiger partial charge in [0.25, 0.3) is 11.8 Å². The molecule has 1 N–H and O–H groups in total. The summed E-state index contributed by atoms with van der Waals surface area (Å²) in [5.74, 6) is -1.30. The number of nitrogens with one attached hydrogen (secondary N) is 1. The van der Waals surface area contributed by atoms with Crippen molar-refractivity contribution in [2.45, 2.75) is 19.5 Å². The van der Waals surface area contributed by atoms with E-state index in [1.807, 2.05) is 79.0 Å². The number of rotatable bonds is 5. The molecule has 1 fully saturated rings. The van der Waals surface area contributed by atoms with E-state index < -0.39 is 23.9 Å². The molecule has 1 saturated heterocycles. The second-order valence-electron chi connectivity index (χ2n) is 8.29. The van der Waals surface area contributed by atoms with Crippen molar-refractivity contribution in [3.63, 3.8) is 0 Å². The van der Waals surface area contributed by atoms with Gasteiger partial charge < -0.3 is 4.57 Å². The highest BCUT2D eigenvalue weighted by Gasteiger charge is 2.39. The Hall–Kier alpha value is -4.45. The number of imide groups is 2. The summed E-state index contributed by atoms with van der Waals surface area (Å²) < 4.78 is 2.10. The van der Waals surface area contributed by atoms with Crippen molar-refractivity contribution in [2.75, 3.05) is 0 Å². The van der Waals surface area contributed by atoms with Gasteiger partial charge in [0.15, 0.2) is 0 Å². The number of para-hydroxylation sites is 1. The van der Waals surface area contributed by atoms with Gasteiger partial charge in [-0.2, -0.15) is 0 Å². The zero-order chi connectivity index (χ0) is 23.7. The molecule has 1 aliphatic rings. The molecule has 6 nitrogen and oxygen atoms in total. The minimum atomic E-state index is -0.713. The summed E-state index contributed by atoms with van der Waals surface area (Å²) in [5, 5.41) is 3.25. The second kappa shape index (κ2) is 8.83. The van der Waals surface area contributed by atoms with Crippen LogP contribution in [0.25, 0.3) is 17.0 Å². The molecule has 3 aromatic carbocycles. The lowest BCUT2D eigenvalue weighted by Gasteiger charge is -2.31. The number of carbonyl (C=O) groups is 3. The van der Waals surface area contributed by atoms with Crippen LogP contribution in [0, 0.1) is 0 Å². The van der Waals surface area contributed by atoms with Crippen molar-refractivity contribution in [1.82, 2.24) is 14.8 Å². The molecule has 5 rings (SSSR count). The van der Waals surface area contributed by atoms with Gasteiger partial charge >= 0.3 is 6.03 Å². The molecule has 4 amide bonds. The van der Waals surface area contributed by atoms with Crippen LogP contribution in [-0.2, 0) is 16.1 Å². The van der Waals surface area contributed by atoms with Gasteiger partial charge in [-0.1, -0.05) is 78.9 Å². The van der Waals surface area contributed by atoms with Gasteiger partial charge in [0, 0.05) is 29.2 Å². The highest BCUT2D eigenvalue weighted by Crippen LogP contribution is 2.28. The lowest BCUT2D eigenvalue weighted by atomic mass is 10.0. The molecule has 168 valence electrons. The van der Waals surface area contributed by atoms with Crippen molar-refractivity contribution in [3.8, 4) is 0 Å². The summed E-state index contributed by atoms with van der Waals surface area (Å²) in [7, 11) is 0. The molecule has 0 spiro atoms. The number of benzene rings is 3. The monoisotopic (exact) mass is 449 g/mol. The zero-order valence-electron chi connectivity index (χ0n) is 18.6. The van der Waals surface area contributed by atoms with Crippen molar-refractivity contribution >= 4 is 34.8 Å². The van der Waals surface area contributed by atoms with Crippen LogP contribution in [0.3, 0.4) is 0 Å². The Bertz CT molecular complexity index is 1420. The first-order chi connectivity index (χ1) is 16.5. The average Bonchev–Trinajstić information content (AvgIpc) is 3.20. The number of aromatic nitrogens is 1. The largest absolute Gasteiger partial charge is 0.342 e. The molecule has 1 aromatic heterocycles. The molecule has 6 heteroatoms. The lowest BCUT2D eigenvalue weighted by Crippen LogP contribution is -2.54. The van der Waals surface area contributed by atoms with Crippen LogP contribution < -0.4 is 5.32 Å². The van der Waals surface area contributed by atoms with Crippen LogP contribution in [0.1, 0.15) is 29.7 Å². The van der Waals surface area contributed by atoms with E-state index in [1.54, 1.807) is 13.0 Å². The predicted octanol–water partition coefficient (Wildman–Crippen LogP) is 4.91. The quantitative estimate of drug-likeness (QED) is 0.348. The molecule has 1 atom stereocenters. The van der Waals surface area contributed by atoms with Crippen LogP contribution in [0.15, 0.2) is 96.7 Å². The van der Waals surface area contributed by atoms with Crippen molar-refractivity contribution < 1.29 is 14.4 Å². The summed E-state index contributed by atoms with van der Waals surface area (Å²) in [4.78, 5) is 39.8. The minimum absolute atomic E-state index is 0.0648. The number of hydrogen-bond acceptors (Lipinski definition) is 3. The average molecular weight is 450 g/mol. The first-order valence-electron chi connectivity index (χ1n) is 11.1. The van der Waals surface area contributed by atoms with E-state index in [0.29, 0.717) is 6.54 Å². The van der Waals surface area contributed by atoms with E-state index in [9.17, 15) is 14.4 Å². The van der Waals surface area contributed by atoms with E-state index in [-0.39, 0.29) is 5.57 Å². The Morgan fingerprint density at radius 1 is 0.853 bits per heavy atom. The number of nitrogens with zero attached hydrogens (tertiary/aromatic N) is 2. The molecule has 0 bridgehead atoms. The maximum atomic E-state index is 13.4. The molecule has 1 aliphatic heterocycles. The molecule has 1 unspecified atom stereocenters. The molecule has 34 heavy (non-hydrogen) atoms. The maximum Gasteiger partial charge on any atom is 0.331 e. The number of fused-ring (bicyclic) bond motifs is 1. The maximum absolute atomic E-state index is 13.4. The third-order valence-corrected chi connectivity index (χ3v) is 6.12. The van der Waals surface area contributed by atoms with Crippen molar-refractivity contribution in [3.05, 3.63) is 113 Å². The molecule has 2 heterocycles. The Balaban J connectivity index is 1.54. The number of barbiturate groups is 1. The number of carbonyl (C=O) groups excluding carboxylic acids is 3. The first-order valence-corrected chi connectivity index (χ1v) is 11.1. The topological polar surface area (TPSA) is 71.4 Å². The standard InChI is InChI=1S/C28H23N3O3/c1-19(21-12-6-3-7-13-21)31-27(33)24(26(32)29-28(31)34)16-22-18-30(17-20-10-4-2-5-11-20)25-15-9-8-14-23(22)25/h2-16,18-19H,17H2,1H3,(H,29,32,34)/b24-16+. The third-order valence-electron chi connectivity index (χ3n) is 6.12. The van der Waals surface area contributed by atoms with E-state index in [1.165, 1.54) is 0 Å². The Kier molecular flexibility index (Phi) is 5.55. The fraction of sp³-hybridized carbons (Fsp3) is 0.107. The van der Waals surface area contributed by atoms with Crippen molar-refractivity contribution in [2.24, 2.45) is 0 Å². The summed E-state index contributed by atoms with van der Waals surface area (Å²) >= 11 is 0. The summed E-state index contributed by atoms with van der Waals surface area (Å²) in [6.07, 6.45) is 3.52. The minimum Gasteiger partial charge on any atom is -0.342 e. The lowest BCUT2D eigenvalue weighted by molar-refractivity contribution is -0.131. The van der Waals surface area contributed by atoms with Gasteiger partial charge in [-0.25, -0.2) is 4.79 Å².